The van der Waals surface area contributed by atoms with Gasteiger partial charge in [0.25, 0.3) is 0 Å². The predicted molar refractivity (Wildman–Crippen MR) is 116 cm³/mol. The van der Waals surface area contributed by atoms with Gasteiger partial charge in [0.1, 0.15) is 6.17 Å². The van der Waals surface area contributed by atoms with Crippen LogP contribution in [0.1, 0.15) is 72.5 Å². The van der Waals surface area contributed by atoms with Crippen LogP contribution in [-0.2, 0) is 9.59 Å². The van der Waals surface area contributed by atoms with Gasteiger partial charge in [-0.05, 0) is 41.9 Å². The van der Waals surface area contributed by atoms with Crippen molar-refractivity contribution in [3.05, 3.63) is 23.8 Å². The highest BCUT2D eigenvalue weighted by Crippen LogP contribution is 2.30. The minimum Gasteiger partial charge on any atom is -0.493 e. The number of nitrogens with one attached hydrogen (secondary N) is 2. The summed E-state index contributed by atoms with van der Waals surface area (Å²) in [4.78, 5) is 24.7. The molecule has 29 heavy (non-hydrogen) atoms. The van der Waals surface area contributed by atoms with Crippen molar-refractivity contribution in [2.24, 2.45) is 17.8 Å². The highest BCUT2D eigenvalue weighted by molar-refractivity contribution is 5.79. The lowest BCUT2D eigenvalue weighted by Crippen LogP contribution is -2.41. The van der Waals surface area contributed by atoms with Gasteiger partial charge in [-0.3, -0.25) is 9.59 Å². The fraction of sp³-hybridized carbons (Fsp3) is 0.652. The fourth-order valence-corrected chi connectivity index (χ4v) is 2.77. The van der Waals surface area contributed by atoms with E-state index in [1.54, 1.807) is 13.2 Å². The maximum absolute atomic E-state index is 12.3. The second kappa shape index (κ2) is 12.3. The zero-order valence-electron chi connectivity index (χ0n) is 19.0. The van der Waals surface area contributed by atoms with Gasteiger partial charge < -0.3 is 20.1 Å². The third kappa shape index (κ3) is 9.68. The van der Waals surface area contributed by atoms with Crippen molar-refractivity contribution in [3.8, 4) is 11.5 Å². The molecule has 0 heterocycles. The number of carbonyl (C=O) groups excluding carboxylic acids is 2. The minimum absolute atomic E-state index is 0.105. The Morgan fingerprint density at radius 2 is 1.41 bits per heavy atom. The van der Waals surface area contributed by atoms with Gasteiger partial charge in [0, 0.05) is 12.8 Å². The molecule has 0 aliphatic heterocycles. The molecule has 0 unspecified atom stereocenters. The molecule has 0 aromatic heterocycles. The van der Waals surface area contributed by atoms with Gasteiger partial charge in [-0.25, -0.2) is 0 Å². The summed E-state index contributed by atoms with van der Waals surface area (Å²) in [7, 11) is 1.58. The molecule has 6 nitrogen and oxygen atoms in total. The van der Waals surface area contributed by atoms with Crippen LogP contribution in [0.3, 0.4) is 0 Å². The van der Waals surface area contributed by atoms with Crippen LogP contribution >= 0.6 is 0 Å². The van der Waals surface area contributed by atoms with E-state index in [0.29, 0.717) is 36.9 Å². The van der Waals surface area contributed by atoms with Crippen molar-refractivity contribution in [1.82, 2.24) is 10.6 Å². The second-order valence-electron chi connectivity index (χ2n) is 8.71. The molecular weight excluding hydrogens is 368 g/mol. The molecule has 0 saturated carbocycles. The first-order valence-corrected chi connectivity index (χ1v) is 10.5. The summed E-state index contributed by atoms with van der Waals surface area (Å²) >= 11 is 0. The molecule has 0 bridgehead atoms. The Hall–Kier alpha value is -2.24. The molecule has 164 valence electrons. The minimum atomic E-state index is -0.619. The molecule has 6 heteroatoms. The molecule has 2 N–H and O–H groups in total. The predicted octanol–water partition coefficient (Wildman–Crippen LogP) is 4.44. The summed E-state index contributed by atoms with van der Waals surface area (Å²) in [5.41, 5.74) is 0.743. The zero-order chi connectivity index (χ0) is 22.0. The normalized spacial score (nSPS) is 11.3. The van der Waals surface area contributed by atoms with E-state index in [1.807, 2.05) is 39.8 Å². The standard InChI is InChI=1S/C23H38N2O4/c1-15(2)10-11-29-19-9-8-18(14-20(19)28-7)23(24-21(26)12-16(3)4)25-22(27)13-17(5)6/h8-9,14-17,23H,10-13H2,1-7H3,(H,24,26)(H,25,27). The summed E-state index contributed by atoms with van der Waals surface area (Å²) in [5, 5.41) is 5.86. The van der Waals surface area contributed by atoms with E-state index in [9.17, 15) is 9.59 Å². The van der Waals surface area contributed by atoms with Crippen molar-refractivity contribution in [3.63, 3.8) is 0 Å². The molecule has 0 aliphatic rings. The third-order valence-electron chi connectivity index (χ3n) is 4.27. The Bertz CT molecular complexity index is 632. The Morgan fingerprint density at radius 3 is 1.86 bits per heavy atom. The molecule has 0 radical (unpaired) electrons. The van der Waals surface area contributed by atoms with Gasteiger partial charge in [0.15, 0.2) is 11.5 Å². The summed E-state index contributed by atoms with van der Waals surface area (Å²) < 4.78 is 11.3. The SMILES string of the molecule is COc1cc(C(NC(=O)CC(C)C)NC(=O)CC(C)C)ccc1OCCC(C)C. The monoisotopic (exact) mass is 406 g/mol. The molecule has 0 aliphatic carbocycles. The Kier molecular flexibility index (Phi) is 10.6. The van der Waals surface area contributed by atoms with Gasteiger partial charge in [-0.15, -0.1) is 0 Å². The van der Waals surface area contributed by atoms with E-state index >= 15 is 0 Å². The van der Waals surface area contributed by atoms with E-state index in [2.05, 4.69) is 24.5 Å². The quantitative estimate of drug-likeness (QED) is 0.503. The number of carbonyl (C=O) groups is 2. The van der Waals surface area contributed by atoms with Crippen molar-refractivity contribution in [1.29, 1.82) is 0 Å². The molecule has 1 aromatic rings. The van der Waals surface area contributed by atoms with Gasteiger partial charge in [0.05, 0.1) is 13.7 Å². The largest absolute Gasteiger partial charge is 0.493 e. The highest BCUT2D eigenvalue weighted by atomic mass is 16.5. The van der Waals surface area contributed by atoms with Crippen molar-refractivity contribution < 1.29 is 19.1 Å². The Balaban J connectivity index is 3.02. The van der Waals surface area contributed by atoms with Crippen LogP contribution in [-0.4, -0.2) is 25.5 Å². The van der Waals surface area contributed by atoms with Crippen LogP contribution in [0.15, 0.2) is 18.2 Å². The van der Waals surface area contributed by atoms with E-state index < -0.39 is 6.17 Å². The molecule has 1 rings (SSSR count). The molecule has 2 amide bonds. The van der Waals surface area contributed by atoms with E-state index in [4.69, 9.17) is 9.47 Å². The van der Waals surface area contributed by atoms with Gasteiger partial charge in [-0.2, -0.15) is 0 Å². The topological polar surface area (TPSA) is 76.7 Å². The molecule has 1 aromatic carbocycles. The number of amides is 2. The van der Waals surface area contributed by atoms with Crippen LogP contribution in [0, 0.1) is 17.8 Å². The average Bonchev–Trinajstić information content (AvgIpc) is 2.59. The maximum atomic E-state index is 12.3. The summed E-state index contributed by atoms with van der Waals surface area (Å²) in [6.45, 7) is 12.8. The van der Waals surface area contributed by atoms with E-state index in [0.717, 1.165) is 12.0 Å². The van der Waals surface area contributed by atoms with Crippen molar-refractivity contribution in [2.45, 2.75) is 67.0 Å². The first kappa shape index (κ1) is 24.8. The second-order valence-corrected chi connectivity index (χ2v) is 8.71. The van der Waals surface area contributed by atoms with Gasteiger partial charge >= 0.3 is 0 Å². The smallest absolute Gasteiger partial charge is 0.222 e. The average molecular weight is 407 g/mol. The first-order valence-electron chi connectivity index (χ1n) is 10.5. The molecule has 0 atom stereocenters. The van der Waals surface area contributed by atoms with Crippen LogP contribution < -0.4 is 20.1 Å². The molecule has 0 spiro atoms. The Morgan fingerprint density at radius 1 is 0.862 bits per heavy atom. The van der Waals surface area contributed by atoms with Gasteiger partial charge in [-0.1, -0.05) is 47.6 Å². The summed E-state index contributed by atoms with van der Waals surface area (Å²) in [5.74, 6) is 2.03. The van der Waals surface area contributed by atoms with Crippen molar-refractivity contribution >= 4 is 11.8 Å². The fourth-order valence-electron chi connectivity index (χ4n) is 2.77. The van der Waals surface area contributed by atoms with Gasteiger partial charge in [0.2, 0.25) is 11.8 Å². The number of benzene rings is 1. The number of ether oxygens (including phenoxy) is 2. The molecular formula is C23H38N2O4. The lowest BCUT2D eigenvalue weighted by molar-refractivity contribution is -0.125. The molecule has 0 fully saturated rings. The summed E-state index contributed by atoms with van der Waals surface area (Å²) in [6, 6.07) is 5.48. The van der Waals surface area contributed by atoms with E-state index in [1.165, 1.54) is 0 Å². The third-order valence-corrected chi connectivity index (χ3v) is 4.27. The van der Waals surface area contributed by atoms with Crippen molar-refractivity contribution in [2.75, 3.05) is 13.7 Å². The van der Waals surface area contributed by atoms with Crippen LogP contribution in [0.25, 0.3) is 0 Å². The van der Waals surface area contributed by atoms with Crippen LogP contribution in [0.2, 0.25) is 0 Å². The zero-order valence-corrected chi connectivity index (χ0v) is 19.0. The molecule has 0 saturated heterocycles. The number of hydrogen-bond donors (Lipinski definition) is 2. The maximum Gasteiger partial charge on any atom is 0.222 e. The van der Waals surface area contributed by atoms with Crippen LogP contribution in [0.5, 0.6) is 11.5 Å². The highest BCUT2D eigenvalue weighted by Gasteiger charge is 2.20. The number of methoxy groups -OCH3 is 1. The Labute approximate surface area is 175 Å². The summed E-state index contributed by atoms with van der Waals surface area (Å²) in [6.07, 6.45) is 1.12. The van der Waals surface area contributed by atoms with Crippen LogP contribution in [0.4, 0.5) is 0 Å². The lowest BCUT2D eigenvalue weighted by Gasteiger charge is -2.23. The number of rotatable bonds is 12. The first-order chi connectivity index (χ1) is 13.6. The lowest BCUT2D eigenvalue weighted by atomic mass is 10.1. The van der Waals surface area contributed by atoms with E-state index in [-0.39, 0.29) is 23.7 Å². The number of hydrogen-bond acceptors (Lipinski definition) is 4.